The second-order valence-electron chi connectivity index (χ2n) is 4.54. The lowest BCUT2D eigenvalue weighted by molar-refractivity contribution is 0.405. The van der Waals surface area contributed by atoms with Gasteiger partial charge in [0.05, 0.1) is 11.0 Å². The van der Waals surface area contributed by atoms with Crippen molar-refractivity contribution >= 4 is 22.6 Å². The molecular weight excluding hydrogens is 220 g/mol. The third-order valence-corrected chi connectivity index (χ3v) is 3.63. The number of aryl methyl sites for hydroxylation is 1. The van der Waals surface area contributed by atoms with Gasteiger partial charge in [-0.05, 0) is 37.0 Å². The average molecular weight is 235 g/mol. The van der Waals surface area contributed by atoms with Crippen molar-refractivity contribution in [1.29, 1.82) is 0 Å². The zero-order valence-corrected chi connectivity index (χ0v) is 9.93. The van der Waals surface area contributed by atoms with Gasteiger partial charge in [-0.1, -0.05) is 12.5 Å². The molecule has 1 N–H and O–H groups in total. The molecule has 0 atom stereocenters. The molecule has 1 aliphatic rings. The van der Waals surface area contributed by atoms with Gasteiger partial charge in [-0.3, -0.25) is 0 Å². The maximum Gasteiger partial charge on any atom is 0.110 e. The SMILES string of the molecule is ClCCc1ccc2nc(C3CCC3)[nH]c2c1. The molecule has 1 heterocycles. The summed E-state index contributed by atoms with van der Waals surface area (Å²) < 4.78 is 0. The highest BCUT2D eigenvalue weighted by molar-refractivity contribution is 6.18. The predicted molar refractivity (Wildman–Crippen MR) is 67.1 cm³/mol. The number of H-pyrrole nitrogens is 1. The van der Waals surface area contributed by atoms with Crippen LogP contribution in [-0.4, -0.2) is 15.8 Å². The van der Waals surface area contributed by atoms with E-state index in [2.05, 4.69) is 28.2 Å². The highest BCUT2D eigenvalue weighted by Crippen LogP contribution is 2.35. The molecule has 1 aromatic carbocycles. The molecule has 0 radical (unpaired) electrons. The number of aromatic nitrogens is 2. The van der Waals surface area contributed by atoms with Crippen LogP contribution in [0.5, 0.6) is 0 Å². The van der Waals surface area contributed by atoms with Crippen molar-refractivity contribution in [3.8, 4) is 0 Å². The zero-order chi connectivity index (χ0) is 11.0. The number of rotatable bonds is 3. The summed E-state index contributed by atoms with van der Waals surface area (Å²) in [4.78, 5) is 8.09. The Bertz CT molecular complexity index is 500. The Kier molecular flexibility index (Phi) is 2.60. The molecule has 1 aromatic heterocycles. The number of hydrogen-bond acceptors (Lipinski definition) is 1. The lowest BCUT2D eigenvalue weighted by Gasteiger charge is -2.22. The van der Waals surface area contributed by atoms with E-state index in [1.165, 1.54) is 30.7 Å². The maximum absolute atomic E-state index is 5.75. The van der Waals surface area contributed by atoms with Crippen LogP contribution in [0.2, 0.25) is 0 Å². The third kappa shape index (κ3) is 1.71. The fraction of sp³-hybridized carbons (Fsp3) is 0.462. The predicted octanol–water partition coefficient (Wildman–Crippen LogP) is 3.61. The normalized spacial score (nSPS) is 16.6. The van der Waals surface area contributed by atoms with Gasteiger partial charge in [-0.15, -0.1) is 11.6 Å². The molecular formula is C13H15ClN2. The van der Waals surface area contributed by atoms with Crippen LogP contribution < -0.4 is 0 Å². The Morgan fingerprint density at radius 2 is 2.25 bits per heavy atom. The van der Waals surface area contributed by atoms with Crippen LogP contribution >= 0.6 is 11.6 Å². The molecule has 2 nitrogen and oxygen atoms in total. The molecule has 3 rings (SSSR count). The van der Waals surface area contributed by atoms with Gasteiger partial charge in [0.25, 0.3) is 0 Å². The van der Waals surface area contributed by atoms with Crippen molar-refractivity contribution < 1.29 is 0 Å². The van der Waals surface area contributed by atoms with Gasteiger partial charge in [0.2, 0.25) is 0 Å². The van der Waals surface area contributed by atoms with E-state index in [1.807, 2.05) is 0 Å². The third-order valence-electron chi connectivity index (χ3n) is 3.44. The van der Waals surface area contributed by atoms with Crippen LogP contribution in [0.3, 0.4) is 0 Å². The van der Waals surface area contributed by atoms with E-state index in [-0.39, 0.29) is 0 Å². The second-order valence-corrected chi connectivity index (χ2v) is 4.92. The lowest BCUT2D eigenvalue weighted by atomic mass is 9.85. The van der Waals surface area contributed by atoms with Crippen LogP contribution in [0, 0.1) is 0 Å². The molecule has 0 aliphatic heterocycles. The first-order valence-electron chi connectivity index (χ1n) is 5.91. The topological polar surface area (TPSA) is 28.7 Å². The van der Waals surface area contributed by atoms with Crippen molar-refractivity contribution in [3.63, 3.8) is 0 Å². The Morgan fingerprint density at radius 3 is 2.94 bits per heavy atom. The first-order valence-corrected chi connectivity index (χ1v) is 6.45. The van der Waals surface area contributed by atoms with Crippen molar-refractivity contribution in [2.24, 2.45) is 0 Å². The van der Waals surface area contributed by atoms with Gasteiger partial charge < -0.3 is 4.98 Å². The highest BCUT2D eigenvalue weighted by Gasteiger charge is 2.22. The van der Waals surface area contributed by atoms with Gasteiger partial charge in [-0.2, -0.15) is 0 Å². The summed E-state index contributed by atoms with van der Waals surface area (Å²) >= 11 is 5.75. The molecule has 0 saturated heterocycles. The van der Waals surface area contributed by atoms with E-state index < -0.39 is 0 Å². The number of halogens is 1. The Morgan fingerprint density at radius 1 is 1.38 bits per heavy atom. The summed E-state index contributed by atoms with van der Waals surface area (Å²) in [5.74, 6) is 2.52. The first kappa shape index (κ1) is 10.2. The monoisotopic (exact) mass is 234 g/mol. The summed E-state index contributed by atoms with van der Waals surface area (Å²) in [6, 6.07) is 6.39. The quantitative estimate of drug-likeness (QED) is 0.808. The molecule has 1 aliphatic carbocycles. The molecule has 3 heteroatoms. The first-order chi connectivity index (χ1) is 7.86. The van der Waals surface area contributed by atoms with Crippen LogP contribution in [0.1, 0.15) is 36.6 Å². The molecule has 0 unspecified atom stereocenters. The van der Waals surface area contributed by atoms with Crippen LogP contribution in [0.4, 0.5) is 0 Å². The Hall–Kier alpha value is -1.02. The van der Waals surface area contributed by atoms with Gasteiger partial charge in [0.15, 0.2) is 0 Å². The number of benzene rings is 1. The average Bonchev–Trinajstić information content (AvgIpc) is 2.57. The fourth-order valence-electron chi connectivity index (χ4n) is 2.22. The van der Waals surface area contributed by atoms with E-state index in [0.29, 0.717) is 11.8 Å². The van der Waals surface area contributed by atoms with E-state index >= 15 is 0 Å². The minimum Gasteiger partial charge on any atom is -0.342 e. The number of imidazole rings is 1. The summed E-state index contributed by atoms with van der Waals surface area (Å²) in [7, 11) is 0. The Balaban J connectivity index is 1.96. The van der Waals surface area contributed by atoms with Gasteiger partial charge >= 0.3 is 0 Å². The summed E-state index contributed by atoms with van der Waals surface area (Å²) in [5.41, 5.74) is 3.52. The van der Waals surface area contributed by atoms with Gasteiger partial charge in [0.1, 0.15) is 5.82 Å². The molecule has 0 bridgehead atoms. The molecule has 1 saturated carbocycles. The number of hydrogen-bond donors (Lipinski definition) is 1. The second kappa shape index (κ2) is 4.10. The van der Waals surface area contributed by atoms with Crippen LogP contribution in [0.15, 0.2) is 18.2 Å². The molecule has 2 aromatic rings. The minimum absolute atomic E-state index is 0.670. The smallest absolute Gasteiger partial charge is 0.110 e. The number of fused-ring (bicyclic) bond motifs is 1. The number of nitrogens with one attached hydrogen (secondary N) is 1. The molecule has 16 heavy (non-hydrogen) atoms. The Labute approximate surface area is 100 Å². The van der Waals surface area contributed by atoms with Crippen molar-refractivity contribution in [1.82, 2.24) is 9.97 Å². The fourth-order valence-corrected chi connectivity index (χ4v) is 2.43. The molecule has 84 valence electrons. The summed E-state index contributed by atoms with van der Waals surface area (Å²) in [6.07, 6.45) is 4.84. The van der Waals surface area contributed by atoms with E-state index in [1.54, 1.807) is 0 Å². The molecule has 0 spiro atoms. The molecule has 0 amide bonds. The standard InChI is InChI=1S/C13H15ClN2/c14-7-6-9-4-5-11-12(8-9)16-13(15-11)10-2-1-3-10/h4-5,8,10H,1-3,6-7H2,(H,15,16). The van der Waals surface area contributed by atoms with E-state index in [0.717, 1.165) is 17.5 Å². The van der Waals surface area contributed by atoms with E-state index in [9.17, 15) is 0 Å². The van der Waals surface area contributed by atoms with Gasteiger partial charge in [0, 0.05) is 11.8 Å². The summed E-state index contributed by atoms with van der Waals surface area (Å²) in [6.45, 7) is 0. The van der Waals surface area contributed by atoms with Crippen LogP contribution in [-0.2, 0) is 6.42 Å². The minimum atomic E-state index is 0.670. The zero-order valence-electron chi connectivity index (χ0n) is 9.17. The van der Waals surface area contributed by atoms with Crippen molar-refractivity contribution in [2.75, 3.05) is 5.88 Å². The lowest BCUT2D eigenvalue weighted by Crippen LogP contribution is -2.10. The number of aromatic amines is 1. The molecule has 1 fully saturated rings. The number of nitrogens with zero attached hydrogens (tertiary/aromatic N) is 1. The van der Waals surface area contributed by atoms with Crippen LogP contribution in [0.25, 0.3) is 11.0 Å². The van der Waals surface area contributed by atoms with E-state index in [4.69, 9.17) is 11.6 Å². The highest BCUT2D eigenvalue weighted by atomic mass is 35.5. The largest absolute Gasteiger partial charge is 0.342 e. The number of alkyl halides is 1. The van der Waals surface area contributed by atoms with Gasteiger partial charge in [-0.25, -0.2) is 4.98 Å². The summed E-state index contributed by atoms with van der Waals surface area (Å²) in [5, 5.41) is 0. The maximum atomic E-state index is 5.75. The van der Waals surface area contributed by atoms with Crippen molar-refractivity contribution in [3.05, 3.63) is 29.6 Å². The van der Waals surface area contributed by atoms with Crippen molar-refractivity contribution in [2.45, 2.75) is 31.6 Å².